The van der Waals surface area contributed by atoms with Gasteiger partial charge in [-0.2, -0.15) is 0 Å². The molecule has 7 nitrogen and oxygen atoms in total. The molecule has 1 N–H and O–H groups in total. The second kappa shape index (κ2) is 9.91. The number of aryl methyl sites for hydroxylation is 1. The van der Waals surface area contributed by atoms with E-state index in [9.17, 15) is 9.59 Å². The van der Waals surface area contributed by atoms with Crippen molar-refractivity contribution < 1.29 is 19.1 Å². The molecule has 7 heteroatoms. The van der Waals surface area contributed by atoms with Gasteiger partial charge in [0.05, 0.1) is 12.3 Å². The van der Waals surface area contributed by atoms with Crippen LogP contribution >= 0.6 is 0 Å². The lowest BCUT2D eigenvalue weighted by molar-refractivity contribution is -0.143. The van der Waals surface area contributed by atoms with Gasteiger partial charge in [-0.1, -0.05) is 12.1 Å². The van der Waals surface area contributed by atoms with Gasteiger partial charge in [0.2, 0.25) is 0 Å². The van der Waals surface area contributed by atoms with E-state index in [1.807, 2.05) is 42.8 Å². The fourth-order valence-corrected chi connectivity index (χ4v) is 3.06. The van der Waals surface area contributed by atoms with Gasteiger partial charge >= 0.3 is 5.97 Å². The third kappa shape index (κ3) is 5.83. The topological polar surface area (TPSA) is 81.9 Å². The van der Waals surface area contributed by atoms with Crippen molar-refractivity contribution in [3.63, 3.8) is 0 Å². The molecule has 0 fully saturated rings. The molecule has 0 spiro atoms. The van der Waals surface area contributed by atoms with E-state index in [4.69, 9.17) is 9.47 Å². The van der Waals surface area contributed by atoms with E-state index < -0.39 is 0 Å². The molecule has 1 aromatic carbocycles. The van der Waals surface area contributed by atoms with Crippen LogP contribution in [-0.2, 0) is 16.1 Å². The lowest BCUT2D eigenvalue weighted by Gasteiger charge is -2.14. The number of ether oxygens (including phenoxy) is 2. The van der Waals surface area contributed by atoms with Gasteiger partial charge in [-0.25, -0.2) is 4.98 Å². The van der Waals surface area contributed by atoms with Gasteiger partial charge in [0.25, 0.3) is 5.91 Å². The predicted molar refractivity (Wildman–Crippen MR) is 113 cm³/mol. The number of hydrogen-bond acceptors (Lipinski definition) is 5. The summed E-state index contributed by atoms with van der Waals surface area (Å²) in [4.78, 5) is 28.5. The molecule has 0 aliphatic carbocycles. The van der Waals surface area contributed by atoms with Crippen molar-refractivity contribution in [2.45, 2.75) is 46.3 Å². The Balaban J connectivity index is 1.55. The van der Waals surface area contributed by atoms with Crippen LogP contribution in [0.4, 0.5) is 0 Å². The Labute approximate surface area is 176 Å². The number of nitrogens with zero attached hydrogens (tertiary/aromatic N) is 2. The minimum Gasteiger partial charge on any atom is -0.487 e. The number of nitrogens with one attached hydrogen (secondary N) is 1. The molecule has 0 saturated carbocycles. The van der Waals surface area contributed by atoms with Crippen LogP contribution in [0, 0.1) is 6.92 Å². The third-order valence-corrected chi connectivity index (χ3v) is 4.60. The van der Waals surface area contributed by atoms with Crippen molar-refractivity contribution >= 4 is 17.5 Å². The number of rotatable bonds is 9. The van der Waals surface area contributed by atoms with Crippen molar-refractivity contribution in [3.05, 3.63) is 65.6 Å². The van der Waals surface area contributed by atoms with Crippen LogP contribution in [0.25, 0.3) is 5.65 Å². The Bertz CT molecular complexity index is 1030. The Morgan fingerprint density at radius 3 is 2.83 bits per heavy atom. The Kier molecular flexibility index (Phi) is 7.06. The molecule has 2 heterocycles. The van der Waals surface area contributed by atoms with Crippen LogP contribution in [0.1, 0.15) is 48.3 Å². The predicted octanol–water partition coefficient (Wildman–Crippen LogP) is 3.68. The number of esters is 1. The highest BCUT2D eigenvalue weighted by Crippen LogP contribution is 2.16. The van der Waals surface area contributed by atoms with E-state index in [-0.39, 0.29) is 24.3 Å². The molecule has 30 heavy (non-hydrogen) atoms. The van der Waals surface area contributed by atoms with Crippen molar-refractivity contribution in [3.8, 4) is 5.75 Å². The number of benzene rings is 1. The minimum atomic E-state index is -0.254. The quantitative estimate of drug-likeness (QED) is 0.545. The van der Waals surface area contributed by atoms with Gasteiger partial charge in [-0.15, -0.1) is 0 Å². The van der Waals surface area contributed by atoms with Gasteiger partial charge in [0.15, 0.2) is 0 Å². The van der Waals surface area contributed by atoms with Crippen molar-refractivity contribution in [1.82, 2.24) is 14.7 Å². The molecule has 1 unspecified atom stereocenters. The second-order valence-electron chi connectivity index (χ2n) is 7.24. The van der Waals surface area contributed by atoms with Crippen molar-refractivity contribution in [2.75, 3.05) is 6.61 Å². The monoisotopic (exact) mass is 409 g/mol. The molecular formula is C23H27N3O4. The van der Waals surface area contributed by atoms with Crippen LogP contribution < -0.4 is 10.1 Å². The molecule has 2 aromatic heterocycles. The normalized spacial score (nSPS) is 11.8. The molecule has 158 valence electrons. The van der Waals surface area contributed by atoms with Gasteiger partial charge in [-0.05, 0) is 57.0 Å². The van der Waals surface area contributed by atoms with Crippen LogP contribution in [0.15, 0.2) is 48.8 Å². The number of carbonyl (C=O) groups is 2. The second-order valence-corrected chi connectivity index (χ2v) is 7.24. The van der Waals surface area contributed by atoms with Gasteiger partial charge < -0.3 is 19.2 Å². The van der Waals surface area contributed by atoms with E-state index in [0.717, 1.165) is 16.9 Å². The Morgan fingerprint density at radius 2 is 2.03 bits per heavy atom. The number of hydrogen-bond donors (Lipinski definition) is 1. The van der Waals surface area contributed by atoms with E-state index in [0.29, 0.717) is 30.9 Å². The number of fused-ring (bicyclic) bond motifs is 1. The summed E-state index contributed by atoms with van der Waals surface area (Å²) in [6, 6.07) is 10.9. The summed E-state index contributed by atoms with van der Waals surface area (Å²) in [5.41, 5.74) is 3.33. The Hall–Kier alpha value is -3.35. The van der Waals surface area contributed by atoms with Crippen LogP contribution in [0.2, 0.25) is 0 Å². The average Bonchev–Trinajstić information content (AvgIpc) is 3.13. The lowest BCUT2D eigenvalue weighted by Crippen LogP contribution is -2.33. The zero-order chi connectivity index (χ0) is 21.5. The van der Waals surface area contributed by atoms with Crippen molar-refractivity contribution in [1.29, 1.82) is 0 Å². The fraction of sp³-hybridized carbons (Fsp3) is 0.348. The molecule has 3 aromatic rings. The third-order valence-electron chi connectivity index (χ3n) is 4.60. The molecule has 0 aliphatic rings. The van der Waals surface area contributed by atoms with Crippen LogP contribution in [-0.4, -0.2) is 33.9 Å². The number of pyridine rings is 1. The summed E-state index contributed by atoms with van der Waals surface area (Å²) in [6.45, 7) is 6.34. The number of carbonyl (C=O) groups excluding carboxylic acids is 2. The number of aromatic nitrogens is 2. The zero-order valence-corrected chi connectivity index (χ0v) is 17.6. The Morgan fingerprint density at radius 1 is 1.20 bits per heavy atom. The minimum absolute atomic E-state index is 0.145. The highest BCUT2D eigenvalue weighted by molar-refractivity contribution is 5.94. The first-order valence-corrected chi connectivity index (χ1v) is 10.1. The molecular weight excluding hydrogens is 382 g/mol. The summed E-state index contributed by atoms with van der Waals surface area (Å²) in [5.74, 6) is 0.131. The smallest absolute Gasteiger partial charge is 0.305 e. The van der Waals surface area contributed by atoms with Crippen LogP contribution in [0.5, 0.6) is 5.75 Å². The maximum Gasteiger partial charge on any atom is 0.305 e. The molecule has 3 rings (SSSR count). The summed E-state index contributed by atoms with van der Waals surface area (Å²) >= 11 is 0. The van der Waals surface area contributed by atoms with Gasteiger partial charge in [0.1, 0.15) is 18.0 Å². The van der Waals surface area contributed by atoms with Gasteiger partial charge in [0, 0.05) is 30.4 Å². The summed E-state index contributed by atoms with van der Waals surface area (Å²) < 4.78 is 12.7. The lowest BCUT2D eigenvalue weighted by atomic mass is 10.1. The highest BCUT2D eigenvalue weighted by Gasteiger charge is 2.13. The highest BCUT2D eigenvalue weighted by atomic mass is 16.5. The first-order chi connectivity index (χ1) is 14.4. The van der Waals surface area contributed by atoms with E-state index in [1.54, 1.807) is 31.2 Å². The zero-order valence-electron chi connectivity index (χ0n) is 17.6. The molecule has 0 saturated heterocycles. The largest absolute Gasteiger partial charge is 0.487 e. The average molecular weight is 409 g/mol. The van der Waals surface area contributed by atoms with Crippen LogP contribution in [0.3, 0.4) is 0 Å². The number of amides is 1. The summed E-state index contributed by atoms with van der Waals surface area (Å²) in [7, 11) is 0. The molecule has 0 radical (unpaired) electrons. The number of imidazole rings is 1. The molecule has 1 amide bonds. The maximum atomic E-state index is 12.5. The van der Waals surface area contributed by atoms with Gasteiger partial charge in [-0.3, -0.25) is 9.59 Å². The fourth-order valence-electron chi connectivity index (χ4n) is 3.06. The first-order valence-electron chi connectivity index (χ1n) is 10.1. The standard InChI is InChI=1S/C23H27N3O4/c1-4-29-22(27)11-9-17(3)24-23(28)18-6-5-7-20(12-18)30-15-19-14-26-13-16(2)8-10-21(26)25-19/h5-8,10,12-14,17H,4,9,11,15H2,1-3H3,(H,24,28). The van der Waals surface area contributed by atoms with E-state index in [1.165, 1.54) is 0 Å². The first kappa shape index (κ1) is 21.4. The van der Waals surface area contributed by atoms with E-state index >= 15 is 0 Å². The maximum absolute atomic E-state index is 12.5. The van der Waals surface area contributed by atoms with Crippen molar-refractivity contribution in [2.24, 2.45) is 0 Å². The summed E-state index contributed by atoms with van der Waals surface area (Å²) in [6.07, 6.45) is 4.75. The summed E-state index contributed by atoms with van der Waals surface area (Å²) in [5, 5.41) is 2.90. The molecule has 0 bridgehead atoms. The molecule has 0 aliphatic heterocycles. The van der Waals surface area contributed by atoms with E-state index in [2.05, 4.69) is 10.3 Å². The SMILES string of the molecule is CCOC(=O)CCC(C)NC(=O)c1cccc(OCc2cn3cc(C)ccc3n2)c1. The molecule has 1 atom stereocenters.